The molecule has 0 aliphatic heterocycles. The predicted octanol–water partition coefficient (Wildman–Crippen LogP) is 5.74. The highest BCUT2D eigenvalue weighted by molar-refractivity contribution is 9.10. The molecule has 1 N–H and O–H groups in total. The summed E-state index contributed by atoms with van der Waals surface area (Å²) in [5, 5.41) is 3.52. The summed E-state index contributed by atoms with van der Waals surface area (Å²) in [5.41, 5.74) is 1.31. The van der Waals surface area contributed by atoms with Crippen LogP contribution >= 0.6 is 50.6 Å². The molecule has 102 valence electrons. The Morgan fingerprint density at radius 1 is 1.37 bits per heavy atom. The molecule has 0 amide bonds. The summed E-state index contributed by atoms with van der Waals surface area (Å²) in [7, 11) is 0. The van der Waals surface area contributed by atoms with E-state index in [2.05, 4.69) is 64.8 Å². The Hall–Kier alpha value is -0.000000000000000111. The lowest BCUT2D eigenvalue weighted by Gasteiger charge is -2.13. The Balaban J connectivity index is 1.94. The SMILES string of the molecule is CSc1ccc(C(C)NCc2cc(Br)c(Cl)s2)cc1. The van der Waals surface area contributed by atoms with E-state index in [1.165, 1.54) is 15.3 Å². The molecule has 1 heterocycles. The van der Waals surface area contributed by atoms with E-state index >= 15 is 0 Å². The van der Waals surface area contributed by atoms with Gasteiger partial charge in [0.15, 0.2) is 0 Å². The molecule has 0 bridgehead atoms. The van der Waals surface area contributed by atoms with Crippen LogP contribution in [0.1, 0.15) is 23.4 Å². The fourth-order valence-corrected chi connectivity index (χ4v) is 3.89. The quantitative estimate of drug-likeness (QED) is 0.668. The Morgan fingerprint density at radius 3 is 2.58 bits per heavy atom. The van der Waals surface area contributed by atoms with Gasteiger partial charge in [-0.05, 0) is 52.9 Å². The van der Waals surface area contributed by atoms with E-state index in [0.717, 1.165) is 15.4 Å². The van der Waals surface area contributed by atoms with Crippen molar-refractivity contribution in [2.24, 2.45) is 0 Å². The van der Waals surface area contributed by atoms with Crippen LogP contribution in [0.25, 0.3) is 0 Å². The molecule has 0 aliphatic rings. The van der Waals surface area contributed by atoms with Gasteiger partial charge < -0.3 is 5.32 Å². The fraction of sp³-hybridized carbons (Fsp3) is 0.286. The number of benzene rings is 1. The van der Waals surface area contributed by atoms with Crippen LogP contribution < -0.4 is 5.32 Å². The Bertz CT molecular complexity index is 519. The van der Waals surface area contributed by atoms with E-state index in [1.807, 2.05) is 0 Å². The predicted molar refractivity (Wildman–Crippen MR) is 90.5 cm³/mol. The normalized spacial score (nSPS) is 12.6. The zero-order valence-electron chi connectivity index (χ0n) is 10.7. The lowest BCUT2D eigenvalue weighted by molar-refractivity contribution is 0.578. The van der Waals surface area contributed by atoms with Gasteiger partial charge in [0.1, 0.15) is 4.34 Å². The minimum absolute atomic E-state index is 0.329. The van der Waals surface area contributed by atoms with E-state index in [9.17, 15) is 0 Å². The van der Waals surface area contributed by atoms with Crippen LogP contribution in [0.2, 0.25) is 4.34 Å². The molecule has 0 aliphatic carbocycles. The van der Waals surface area contributed by atoms with Crippen molar-refractivity contribution in [2.45, 2.75) is 24.4 Å². The summed E-state index contributed by atoms with van der Waals surface area (Å²) in [5.74, 6) is 0. The molecule has 2 rings (SSSR count). The monoisotopic (exact) mass is 375 g/mol. The first-order valence-electron chi connectivity index (χ1n) is 5.91. The van der Waals surface area contributed by atoms with Crippen molar-refractivity contribution >= 4 is 50.6 Å². The van der Waals surface area contributed by atoms with E-state index in [0.29, 0.717) is 6.04 Å². The standard InChI is InChI=1S/C14H15BrClNS2/c1-9(10-3-5-11(18-2)6-4-10)17-8-12-7-13(15)14(16)19-12/h3-7,9,17H,8H2,1-2H3. The summed E-state index contributed by atoms with van der Waals surface area (Å²) >= 11 is 12.8. The van der Waals surface area contributed by atoms with Crippen molar-refractivity contribution in [3.63, 3.8) is 0 Å². The third-order valence-corrected chi connectivity index (χ3v) is 6.11. The molecular formula is C14H15BrClNS2. The van der Waals surface area contributed by atoms with Crippen LogP contribution in [-0.2, 0) is 6.54 Å². The summed E-state index contributed by atoms with van der Waals surface area (Å²) in [6, 6.07) is 11.1. The third-order valence-electron chi connectivity index (χ3n) is 2.89. The van der Waals surface area contributed by atoms with Gasteiger partial charge in [0.25, 0.3) is 0 Å². The first-order valence-corrected chi connectivity index (χ1v) is 9.12. The summed E-state index contributed by atoms with van der Waals surface area (Å²) in [4.78, 5) is 2.54. The minimum atomic E-state index is 0.329. The second-order valence-corrected chi connectivity index (χ2v) is 7.68. The molecule has 5 heteroatoms. The maximum atomic E-state index is 6.04. The summed E-state index contributed by atoms with van der Waals surface area (Å²) in [6.07, 6.45) is 2.09. The van der Waals surface area contributed by atoms with E-state index < -0.39 is 0 Å². The highest BCUT2D eigenvalue weighted by atomic mass is 79.9. The van der Waals surface area contributed by atoms with Gasteiger partial charge in [-0.1, -0.05) is 23.7 Å². The van der Waals surface area contributed by atoms with Crippen LogP contribution in [0.3, 0.4) is 0 Å². The van der Waals surface area contributed by atoms with Crippen LogP contribution in [0, 0.1) is 0 Å². The molecule has 2 aromatic rings. The van der Waals surface area contributed by atoms with E-state index in [4.69, 9.17) is 11.6 Å². The molecule has 19 heavy (non-hydrogen) atoms. The number of rotatable bonds is 5. The number of thiophene rings is 1. The lowest BCUT2D eigenvalue weighted by atomic mass is 10.1. The second kappa shape index (κ2) is 7.14. The number of nitrogens with one attached hydrogen (secondary N) is 1. The summed E-state index contributed by atoms with van der Waals surface area (Å²) < 4.78 is 1.79. The molecular weight excluding hydrogens is 362 g/mol. The average Bonchev–Trinajstić information content (AvgIpc) is 2.75. The minimum Gasteiger partial charge on any atom is -0.305 e. The van der Waals surface area contributed by atoms with Gasteiger partial charge in [-0.15, -0.1) is 23.1 Å². The van der Waals surface area contributed by atoms with Crippen molar-refractivity contribution in [1.29, 1.82) is 0 Å². The molecule has 0 saturated carbocycles. The van der Waals surface area contributed by atoms with Crippen molar-refractivity contribution in [3.8, 4) is 0 Å². The van der Waals surface area contributed by atoms with Crippen LogP contribution in [0.15, 0.2) is 39.7 Å². The molecule has 0 saturated heterocycles. The molecule has 1 unspecified atom stereocenters. The van der Waals surface area contributed by atoms with Gasteiger partial charge >= 0.3 is 0 Å². The molecule has 1 atom stereocenters. The Morgan fingerprint density at radius 2 is 2.05 bits per heavy atom. The largest absolute Gasteiger partial charge is 0.305 e. The first-order chi connectivity index (χ1) is 9.10. The van der Waals surface area contributed by atoms with E-state index in [-0.39, 0.29) is 0 Å². The second-order valence-electron chi connectivity index (χ2n) is 4.21. The van der Waals surface area contributed by atoms with Crippen molar-refractivity contribution in [3.05, 3.63) is 49.6 Å². The Kier molecular flexibility index (Phi) is 5.78. The van der Waals surface area contributed by atoms with Gasteiger partial charge in [-0.3, -0.25) is 0 Å². The van der Waals surface area contributed by atoms with Crippen molar-refractivity contribution < 1.29 is 0 Å². The molecule has 0 fully saturated rings. The van der Waals surface area contributed by atoms with E-state index in [1.54, 1.807) is 23.1 Å². The van der Waals surface area contributed by atoms with Crippen molar-refractivity contribution in [1.82, 2.24) is 5.32 Å². The number of thioether (sulfide) groups is 1. The van der Waals surface area contributed by atoms with Gasteiger partial charge in [0, 0.05) is 26.8 Å². The van der Waals surface area contributed by atoms with Gasteiger partial charge in [-0.25, -0.2) is 0 Å². The van der Waals surface area contributed by atoms with Crippen LogP contribution in [-0.4, -0.2) is 6.26 Å². The molecule has 1 aromatic carbocycles. The highest BCUT2D eigenvalue weighted by Crippen LogP contribution is 2.32. The van der Waals surface area contributed by atoms with Crippen molar-refractivity contribution in [2.75, 3.05) is 6.26 Å². The van der Waals surface area contributed by atoms with Gasteiger partial charge in [0.2, 0.25) is 0 Å². The topological polar surface area (TPSA) is 12.0 Å². The van der Waals surface area contributed by atoms with Gasteiger partial charge in [-0.2, -0.15) is 0 Å². The number of hydrogen-bond acceptors (Lipinski definition) is 3. The molecule has 0 spiro atoms. The zero-order chi connectivity index (χ0) is 13.8. The molecule has 1 aromatic heterocycles. The van der Waals surface area contributed by atoms with Gasteiger partial charge in [0.05, 0.1) is 0 Å². The highest BCUT2D eigenvalue weighted by Gasteiger charge is 2.08. The van der Waals surface area contributed by atoms with Crippen LogP contribution in [0.5, 0.6) is 0 Å². The smallest absolute Gasteiger partial charge is 0.107 e. The fourth-order valence-electron chi connectivity index (χ4n) is 1.74. The van der Waals surface area contributed by atoms with Crippen LogP contribution in [0.4, 0.5) is 0 Å². The number of hydrogen-bond donors (Lipinski definition) is 1. The third kappa shape index (κ3) is 4.23. The lowest BCUT2D eigenvalue weighted by Crippen LogP contribution is -2.17. The Labute approximate surface area is 135 Å². The maximum absolute atomic E-state index is 6.04. The first kappa shape index (κ1) is 15.4. The summed E-state index contributed by atoms with van der Waals surface area (Å²) in [6.45, 7) is 3.01. The average molecular weight is 377 g/mol. The zero-order valence-corrected chi connectivity index (χ0v) is 14.7. The number of halogens is 2. The maximum Gasteiger partial charge on any atom is 0.107 e. The molecule has 1 nitrogen and oxygen atoms in total. The molecule has 0 radical (unpaired) electrons.